The Morgan fingerprint density at radius 2 is 2.19 bits per heavy atom. The van der Waals surface area contributed by atoms with Crippen molar-refractivity contribution in [1.82, 2.24) is 10.3 Å². The first kappa shape index (κ1) is 19.4. The zero-order valence-corrected chi connectivity index (χ0v) is 15.0. The van der Waals surface area contributed by atoms with Gasteiger partial charge in [0.15, 0.2) is 0 Å². The molecule has 0 bridgehead atoms. The number of halogens is 1. The van der Waals surface area contributed by atoms with Gasteiger partial charge in [0.1, 0.15) is 12.4 Å². The largest absolute Gasteiger partial charge is 0.492 e. The molecule has 8 heteroatoms. The number of carbonyl (C=O) groups is 1. The molecule has 0 radical (unpaired) electrons. The Balaban J connectivity index is 2.35. The highest BCUT2D eigenvalue weighted by Crippen LogP contribution is 2.28. The van der Waals surface area contributed by atoms with E-state index in [1.807, 2.05) is 0 Å². The topological polar surface area (TPSA) is 113 Å². The van der Waals surface area contributed by atoms with Gasteiger partial charge in [-0.2, -0.15) is 0 Å². The van der Waals surface area contributed by atoms with Crippen LogP contribution in [0.3, 0.4) is 0 Å². The minimum atomic E-state index is -0.369. The van der Waals surface area contributed by atoms with Crippen LogP contribution in [0.25, 0.3) is 5.70 Å². The van der Waals surface area contributed by atoms with E-state index in [1.54, 1.807) is 37.4 Å². The zero-order valence-electron chi connectivity index (χ0n) is 14.3. The molecule has 5 N–H and O–H groups in total. The monoisotopic (exact) mass is 373 g/mol. The molecule has 2 aromatic rings. The molecule has 7 nitrogen and oxygen atoms in total. The Morgan fingerprint density at radius 1 is 1.38 bits per heavy atom. The van der Waals surface area contributed by atoms with Crippen molar-refractivity contribution in [2.45, 2.75) is 0 Å². The highest BCUT2D eigenvalue weighted by atomic mass is 35.5. The molecule has 1 amide bonds. The SMILES string of the molecule is CN/C(=C\C=N)c1cc(NC(=O)c2cnccc2Cl)ccc1OCCN. The van der Waals surface area contributed by atoms with E-state index in [-0.39, 0.29) is 11.5 Å². The summed E-state index contributed by atoms with van der Waals surface area (Å²) in [5.74, 6) is 0.224. The number of pyridine rings is 1. The number of hydrogen-bond donors (Lipinski definition) is 4. The number of nitrogens with two attached hydrogens (primary N) is 1. The number of amides is 1. The first-order chi connectivity index (χ1) is 12.6. The number of carbonyl (C=O) groups excluding carboxylic acids is 1. The molecule has 0 aliphatic heterocycles. The minimum absolute atomic E-state index is 0.281. The maximum absolute atomic E-state index is 12.4. The molecule has 0 unspecified atom stereocenters. The standard InChI is InChI=1S/C18H20ClN5O2/c1-22-16(4-6-20)13-10-12(2-3-17(13)26-9-7-21)24-18(25)14-11-23-8-5-15(14)19/h2-6,8,10-11,20,22H,7,9,21H2,1H3,(H,24,25)/b16-4-,20-6?. The van der Waals surface area contributed by atoms with Crippen LogP contribution in [0.1, 0.15) is 15.9 Å². The van der Waals surface area contributed by atoms with E-state index >= 15 is 0 Å². The predicted molar refractivity (Wildman–Crippen MR) is 104 cm³/mol. The molecule has 0 fully saturated rings. The number of allylic oxidation sites excluding steroid dienone is 1. The van der Waals surface area contributed by atoms with E-state index in [2.05, 4.69) is 15.6 Å². The third kappa shape index (κ3) is 4.81. The van der Waals surface area contributed by atoms with Crippen LogP contribution in [0.4, 0.5) is 5.69 Å². The fourth-order valence-corrected chi connectivity index (χ4v) is 2.44. The molecule has 1 aromatic heterocycles. The Morgan fingerprint density at radius 3 is 2.85 bits per heavy atom. The second kappa shape index (κ2) is 9.55. The van der Waals surface area contributed by atoms with Crippen LogP contribution in [0.15, 0.2) is 42.7 Å². The molecule has 0 aliphatic rings. The number of benzene rings is 1. The molecular weight excluding hydrogens is 354 g/mol. The third-order valence-electron chi connectivity index (χ3n) is 3.43. The van der Waals surface area contributed by atoms with Gasteiger partial charge in [-0.25, -0.2) is 0 Å². The molecule has 0 saturated carbocycles. The fourth-order valence-electron chi connectivity index (χ4n) is 2.25. The van der Waals surface area contributed by atoms with E-state index in [0.29, 0.717) is 40.9 Å². The van der Waals surface area contributed by atoms with Gasteiger partial charge in [-0.1, -0.05) is 11.6 Å². The molecule has 2 rings (SSSR count). The predicted octanol–water partition coefficient (Wildman–Crippen LogP) is 2.53. The highest BCUT2D eigenvalue weighted by Gasteiger charge is 2.14. The maximum Gasteiger partial charge on any atom is 0.258 e. The van der Waals surface area contributed by atoms with Crippen molar-refractivity contribution >= 4 is 35.1 Å². The summed E-state index contributed by atoms with van der Waals surface area (Å²) in [4.78, 5) is 16.3. The summed E-state index contributed by atoms with van der Waals surface area (Å²) in [6.07, 6.45) is 5.68. The van der Waals surface area contributed by atoms with Crippen LogP contribution in [0, 0.1) is 5.41 Å². The quantitative estimate of drug-likeness (QED) is 0.531. The lowest BCUT2D eigenvalue weighted by atomic mass is 10.1. The lowest BCUT2D eigenvalue weighted by Crippen LogP contribution is -2.15. The maximum atomic E-state index is 12.4. The van der Waals surface area contributed by atoms with Crippen LogP contribution >= 0.6 is 11.6 Å². The molecular formula is C18H20ClN5O2. The van der Waals surface area contributed by atoms with Gasteiger partial charge in [-0.05, 0) is 30.3 Å². The summed E-state index contributed by atoms with van der Waals surface area (Å²) < 4.78 is 5.65. The number of anilines is 1. The van der Waals surface area contributed by atoms with Crippen LogP contribution in [0.2, 0.25) is 5.02 Å². The Bertz CT molecular complexity index is 823. The molecule has 0 saturated heterocycles. The first-order valence-corrected chi connectivity index (χ1v) is 8.25. The van der Waals surface area contributed by atoms with Crippen molar-refractivity contribution in [3.8, 4) is 5.75 Å². The average molecular weight is 374 g/mol. The number of rotatable bonds is 8. The lowest BCUT2D eigenvalue weighted by Gasteiger charge is -2.15. The summed E-state index contributed by atoms with van der Waals surface area (Å²) in [7, 11) is 1.74. The van der Waals surface area contributed by atoms with Gasteiger partial charge in [-0.3, -0.25) is 9.78 Å². The van der Waals surface area contributed by atoms with Crippen molar-refractivity contribution in [3.05, 3.63) is 58.9 Å². The van der Waals surface area contributed by atoms with Crippen molar-refractivity contribution in [3.63, 3.8) is 0 Å². The van der Waals surface area contributed by atoms with Gasteiger partial charge < -0.3 is 26.5 Å². The molecule has 1 aromatic carbocycles. The highest BCUT2D eigenvalue weighted by molar-refractivity contribution is 6.34. The first-order valence-electron chi connectivity index (χ1n) is 7.87. The van der Waals surface area contributed by atoms with Crippen molar-refractivity contribution < 1.29 is 9.53 Å². The molecule has 0 spiro atoms. The summed E-state index contributed by atoms with van der Waals surface area (Å²) in [6.45, 7) is 0.728. The van der Waals surface area contributed by atoms with E-state index in [9.17, 15) is 4.79 Å². The Hall–Kier alpha value is -2.90. The van der Waals surface area contributed by atoms with Crippen LogP contribution < -0.4 is 21.1 Å². The average Bonchev–Trinajstić information content (AvgIpc) is 2.65. The second-order valence-corrected chi connectivity index (χ2v) is 5.56. The van der Waals surface area contributed by atoms with Crippen LogP contribution in [-0.2, 0) is 0 Å². The number of ether oxygens (including phenoxy) is 1. The van der Waals surface area contributed by atoms with E-state index < -0.39 is 0 Å². The van der Waals surface area contributed by atoms with Crippen molar-refractivity contribution in [1.29, 1.82) is 5.41 Å². The molecule has 1 heterocycles. The zero-order chi connectivity index (χ0) is 18.9. The molecule has 0 atom stereocenters. The van der Waals surface area contributed by atoms with Crippen LogP contribution in [-0.4, -0.2) is 37.3 Å². The number of nitrogens with zero attached hydrogens (tertiary/aromatic N) is 1. The molecule has 0 aliphatic carbocycles. The van der Waals surface area contributed by atoms with Gasteiger partial charge in [0, 0.05) is 49.1 Å². The van der Waals surface area contributed by atoms with Gasteiger partial charge in [0.25, 0.3) is 5.91 Å². The molecule has 136 valence electrons. The van der Waals surface area contributed by atoms with E-state index in [4.69, 9.17) is 27.5 Å². The summed E-state index contributed by atoms with van der Waals surface area (Å²) in [5.41, 5.74) is 7.70. The fraction of sp³-hybridized carbons (Fsp3) is 0.167. The van der Waals surface area contributed by atoms with E-state index in [1.165, 1.54) is 18.6 Å². The number of aromatic nitrogens is 1. The van der Waals surface area contributed by atoms with Gasteiger partial charge >= 0.3 is 0 Å². The molecule has 26 heavy (non-hydrogen) atoms. The smallest absolute Gasteiger partial charge is 0.258 e. The second-order valence-electron chi connectivity index (χ2n) is 5.15. The van der Waals surface area contributed by atoms with Gasteiger partial charge in [-0.15, -0.1) is 0 Å². The summed E-state index contributed by atoms with van der Waals surface area (Å²) in [5, 5.41) is 13.4. The summed E-state index contributed by atoms with van der Waals surface area (Å²) in [6, 6.07) is 6.76. The Kier molecular flexibility index (Phi) is 7.13. The Labute approximate surface area is 156 Å². The minimum Gasteiger partial charge on any atom is -0.492 e. The third-order valence-corrected chi connectivity index (χ3v) is 3.76. The summed E-state index contributed by atoms with van der Waals surface area (Å²) >= 11 is 6.04. The van der Waals surface area contributed by atoms with Crippen molar-refractivity contribution in [2.75, 3.05) is 25.5 Å². The number of nitrogens with one attached hydrogen (secondary N) is 3. The van der Waals surface area contributed by atoms with Crippen molar-refractivity contribution in [2.24, 2.45) is 5.73 Å². The van der Waals surface area contributed by atoms with Gasteiger partial charge in [0.05, 0.1) is 10.6 Å². The van der Waals surface area contributed by atoms with Crippen LogP contribution in [0.5, 0.6) is 5.75 Å². The van der Waals surface area contributed by atoms with E-state index in [0.717, 1.165) is 0 Å². The lowest BCUT2D eigenvalue weighted by molar-refractivity contribution is 0.102. The number of hydrogen-bond acceptors (Lipinski definition) is 6. The van der Waals surface area contributed by atoms with Gasteiger partial charge in [0.2, 0.25) is 0 Å². The normalized spacial score (nSPS) is 11.0.